The summed E-state index contributed by atoms with van der Waals surface area (Å²) in [5.41, 5.74) is 0.609. The Bertz CT molecular complexity index is 589. The predicted octanol–water partition coefficient (Wildman–Crippen LogP) is 2.84. The minimum Gasteiger partial charge on any atom is -0.481 e. The van der Waals surface area contributed by atoms with Crippen molar-refractivity contribution in [3.8, 4) is 0 Å². The Morgan fingerprint density at radius 1 is 1.40 bits per heavy atom. The van der Waals surface area contributed by atoms with Crippen LogP contribution in [0, 0.1) is 0 Å². The van der Waals surface area contributed by atoms with Gasteiger partial charge in [-0.2, -0.15) is 0 Å². The first-order chi connectivity index (χ1) is 9.21. The molecule has 0 saturated heterocycles. The molecule has 0 spiro atoms. The van der Waals surface area contributed by atoms with E-state index < -0.39 is 22.0 Å². The van der Waals surface area contributed by atoms with E-state index in [2.05, 4.69) is 4.72 Å². The standard InChI is InChI=1S/C12H15Cl2NO4S/c1-8(10-5-4-9(13)7-11(10)14)15-20(18,19)6-2-3-12(16)17/h4-5,7-8,15H,2-3,6H2,1H3,(H,16,17). The predicted molar refractivity (Wildman–Crippen MR) is 78.7 cm³/mol. The van der Waals surface area contributed by atoms with Crippen LogP contribution < -0.4 is 4.72 Å². The average molecular weight is 340 g/mol. The smallest absolute Gasteiger partial charge is 0.303 e. The summed E-state index contributed by atoms with van der Waals surface area (Å²) in [5.74, 6) is -1.26. The number of benzene rings is 1. The van der Waals surface area contributed by atoms with E-state index in [4.69, 9.17) is 28.3 Å². The molecular weight excluding hydrogens is 325 g/mol. The summed E-state index contributed by atoms with van der Waals surface area (Å²) < 4.78 is 26.1. The maximum Gasteiger partial charge on any atom is 0.303 e. The normalized spacial score (nSPS) is 13.2. The van der Waals surface area contributed by atoms with E-state index in [0.29, 0.717) is 15.6 Å². The van der Waals surface area contributed by atoms with Gasteiger partial charge in [0.25, 0.3) is 0 Å². The molecule has 20 heavy (non-hydrogen) atoms. The van der Waals surface area contributed by atoms with Crippen LogP contribution in [0.1, 0.15) is 31.4 Å². The average Bonchev–Trinajstić information content (AvgIpc) is 2.26. The maximum atomic E-state index is 11.8. The van der Waals surface area contributed by atoms with Gasteiger partial charge in [-0.1, -0.05) is 29.3 Å². The van der Waals surface area contributed by atoms with Crippen molar-refractivity contribution >= 4 is 39.2 Å². The summed E-state index contributed by atoms with van der Waals surface area (Å²) in [6.07, 6.45) is -0.122. The molecule has 1 rings (SSSR count). The molecule has 112 valence electrons. The number of carboxylic acids is 1. The Labute approximate surface area is 127 Å². The first-order valence-electron chi connectivity index (χ1n) is 5.88. The zero-order chi connectivity index (χ0) is 15.3. The van der Waals surface area contributed by atoms with Crippen LogP contribution in [0.2, 0.25) is 10.0 Å². The number of carboxylic acid groups (broad SMARTS) is 1. The van der Waals surface area contributed by atoms with E-state index in [1.165, 1.54) is 6.07 Å². The topological polar surface area (TPSA) is 83.5 Å². The minimum atomic E-state index is -3.56. The van der Waals surface area contributed by atoms with Crippen LogP contribution in [0.5, 0.6) is 0 Å². The molecule has 0 amide bonds. The lowest BCUT2D eigenvalue weighted by Gasteiger charge is -2.16. The summed E-state index contributed by atoms with van der Waals surface area (Å²) in [4.78, 5) is 10.4. The third-order valence-corrected chi connectivity index (χ3v) is 4.69. The summed E-state index contributed by atoms with van der Waals surface area (Å²) in [7, 11) is -3.56. The highest BCUT2D eigenvalue weighted by Gasteiger charge is 2.18. The Kier molecular flexibility index (Phi) is 6.26. The fourth-order valence-electron chi connectivity index (χ4n) is 1.66. The van der Waals surface area contributed by atoms with Gasteiger partial charge in [0.1, 0.15) is 0 Å². The summed E-state index contributed by atoms with van der Waals surface area (Å²) >= 11 is 11.8. The van der Waals surface area contributed by atoms with Crippen LogP contribution in [-0.4, -0.2) is 25.2 Å². The van der Waals surface area contributed by atoms with Crippen molar-refractivity contribution in [2.45, 2.75) is 25.8 Å². The molecule has 1 aromatic carbocycles. The van der Waals surface area contributed by atoms with Crippen LogP contribution >= 0.6 is 23.2 Å². The molecule has 0 aromatic heterocycles. The zero-order valence-electron chi connectivity index (χ0n) is 10.8. The lowest BCUT2D eigenvalue weighted by atomic mass is 10.1. The van der Waals surface area contributed by atoms with Crippen molar-refractivity contribution in [3.63, 3.8) is 0 Å². The molecular formula is C12H15Cl2NO4S. The lowest BCUT2D eigenvalue weighted by Crippen LogP contribution is -2.29. The van der Waals surface area contributed by atoms with Crippen LogP contribution in [0.25, 0.3) is 0 Å². The Hall–Kier alpha value is -0.820. The summed E-state index contributed by atoms with van der Waals surface area (Å²) in [6, 6.07) is 4.29. The van der Waals surface area contributed by atoms with Gasteiger partial charge < -0.3 is 5.11 Å². The van der Waals surface area contributed by atoms with Gasteiger partial charge in [-0.05, 0) is 31.0 Å². The first kappa shape index (κ1) is 17.2. The number of sulfonamides is 1. The highest BCUT2D eigenvalue weighted by Crippen LogP contribution is 2.26. The highest BCUT2D eigenvalue weighted by atomic mass is 35.5. The SMILES string of the molecule is CC(NS(=O)(=O)CCCC(=O)O)c1ccc(Cl)cc1Cl. The number of rotatable bonds is 7. The second-order valence-corrected chi connectivity index (χ2v) is 7.04. The molecule has 0 aliphatic rings. The number of nitrogens with one attached hydrogen (secondary N) is 1. The minimum absolute atomic E-state index is 0.0612. The monoisotopic (exact) mass is 339 g/mol. The molecule has 0 radical (unpaired) electrons. The van der Waals surface area contributed by atoms with Crippen LogP contribution in [0.4, 0.5) is 0 Å². The van der Waals surface area contributed by atoms with Gasteiger partial charge in [0.15, 0.2) is 0 Å². The summed E-state index contributed by atoms with van der Waals surface area (Å²) in [6.45, 7) is 1.66. The van der Waals surface area contributed by atoms with E-state index in [9.17, 15) is 13.2 Å². The van der Waals surface area contributed by atoms with Gasteiger partial charge in [-0.3, -0.25) is 4.79 Å². The third-order valence-electron chi connectivity index (χ3n) is 2.59. The van der Waals surface area contributed by atoms with Crippen molar-refractivity contribution in [3.05, 3.63) is 33.8 Å². The van der Waals surface area contributed by atoms with Gasteiger partial charge in [0.2, 0.25) is 10.0 Å². The van der Waals surface area contributed by atoms with Gasteiger partial charge in [0, 0.05) is 22.5 Å². The van der Waals surface area contributed by atoms with Gasteiger partial charge >= 0.3 is 5.97 Å². The van der Waals surface area contributed by atoms with E-state index in [1.54, 1.807) is 19.1 Å². The van der Waals surface area contributed by atoms with Crippen LogP contribution in [0.3, 0.4) is 0 Å². The Morgan fingerprint density at radius 3 is 2.60 bits per heavy atom. The van der Waals surface area contributed by atoms with Gasteiger partial charge in [-0.25, -0.2) is 13.1 Å². The van der Waals surface area contributed by atoms with E-state index in [0.717, 1.165) is 0 Å². The second kappa shape index (κ2) is 7.26. The Morgan fingerprint density at radius 2 is 2.05 bits per heavy atom. The largest absolute Gasteiger partial charge is 0.481 e. The molecule has 1 aromatic rings. The van der Waals surface area contributed by atoms with Crippen molar-refractivity contribution < 1.29 is 18.3 Å². The number of aliphatic carboxylic acids is 1. The number of hydrogen-bond donors (Lipinski definition) is 2. The second-order valence-electron chi connectivity index (χ2n) is 4.32. The lowest BCUT2D eigenvalue weighted by molar-refractivity contribution is -0.137. The number of halogens is 2. The molecule has 0 aliphatic carbocycles. The zero-order valence-corrected chi connectivity index (χ0v) is 13.1. The fourth-order valence-corrected chi connectivity index (χ4v) is 3.54. The van der Waals surface area contributed by atoms with Crippen LogP contribution in [0.15, 0.2) is 18.2 Å². The highest BCUT2D eigenvalue weighted by molar-refractivity contribution is 7.89. The van der Waals surface area contributed by atoms with E-state index in [1.807, 2.05) is 0 Å². The molecule has 0 saturated carbocycles. The van der Waals surface area contributed by atoms with Crippen molar-refractivity contribution in [1.82, 2.24) is 4.72 Å². The van der Waals surface area contributed by atoms with Gasteiger partial charge in [-0.15, -0.1) is 0 Å². The van der Waals surface area contributed by atoms with Crippen molar-refractivity contribution in [2.75, 3.05) is 5.75 Å². The molecule has 0 heterocycles. The maximum absolute atomic E-state index is 11.8. The molecule has 5 nitrogen and oxygen atoms in total. The molecule has 0 aliphatic heterocycles. The summed E-state index contributed by atoms with van der Waals surface area (Å²) in [5, 5.41) is 9.33. The molecule has 1 atom stereocenters. The quantitative estimate of drug-likeness (QED) is 0.799. The van der Waals surface area contributed by atoms with Gasteiger partial charge in [0.05, 0.1) is 5.75 Å². The fraction of sp³-hybridized carbons (Fsp3) is 0.417. The van der Waals surface area contributed by atoms with Crippen molar-refractivity contribution in [2.24, 2.45) is 0 Å². The first-order valence-corrected chi connectivity index (χ1v) is 8.29. The third kappa shape index (κ3) is 5.66. The van der Waals surface area contributed by atoms with Crippen molar-refractivity contribution in [1.29, 1.82) is 0 Å². The van der Waals surface area contributed by atoms with E-state index >= 15 is 0 Å². The molecule has 8 heteroatoms. The molecule has 0 bridgehead atoms. The Balaban J connectivity index is 2.69. The van der Waals surface area contributed by atoms with Crippen LogP contribution in [-0.2, 0) is 14.8 Å². The molecule has 1 unspecified atom stereocenters. The number of carbonyl (C=O) groups is 1. The molecule has 2 N–H and O–H groups in total. The van der Waals surface area contributed by atoms with E-state index in [-0.39, 0.29) is 18.6 Å². The number of hydrogen-bond acceptors (Lipinski definition) is 3. The molecule has 0 fully saturated rings.